The summed E-state index contributed by atoms with van der Waals surface area (Å²) in [6.07, 6.45) is 1.54. The quantitative estimate of drug-likeness (QED) is 0.391. The Hall–Kier alpha value is -3.30. The molecule has 4 N–H and O–H groups in total. The Balaban J connectivity index is 2.19. The van der Waals surface area contributed by atoms with Crippen molar-refractivity contribution in [1.82, 2.24) is 15.0 Å². The molecule has 0 aliphatic rings. The molecule has 140 valence electrons. The van der Waals surface area contributed by atoms with E-state index < -0.39 is 0 Å². The number of rotatable bonds is 9. The zero-order chi connectivity index (χ0) is 18.9. The Bertz CT molecular complexity index is 718. The molecule has 2 aromatic rings. The van der Waals surface area contributed by atoms with Crippen LogP contribution in [0.2, 0.25) is 0 Å². The number of phenolic OH excluding ortho intramolecular Hbond substituents is 1. The molecule has 0 fully saturated rings. The number of hydrogen-bond acceptors (Lipinski definition) is 10. The summed E-state index contributed by atoms with van der Waals surface area (Å²) in [6, 6.07) is 3.26. The predicted molar refractivity (Wildman–Crippen MR) is 101 cm³/mol. The number of benzene rings is 1. The largest absolute Gasteiger partial charge is 0.502 e. The van der Waals surface area contributed by atoms with Crippen LogP contribution in [0, 0.1) is 0 Å². The molecule has 1 aromatic heterocycles. The lowest BCUT2D eigenvalue weighted by Crippen LogP contribution is -2.10. The number of ether oxygens (including phenoxy) is 2. The predicted octanol–water partition coefficient (Wildman–Crippen LogP) is 1.90. The van der Waals surface area contributed by atoms with Gasteiger partial charge in [0.05, 0.1) is 20.4 Å². The molecule has 0 aliphatic carbocycles. The monoisotopic (exact) mass is 361 g/mol. The lowest BCUT2D eigenvalue weighted by Gasteiger charge is -2.09. The van der Waals surface area contributed by atoms with Gasteiger partial charge in [-0.2, -0.15) is 20.1 Å². The van der Waals surface area contributed by atoms with Gasteiger partial charge in [0.2, 0.25) is 23.6 Å². The average Bonchev–Trinajstić information content (AvgIpc) is 2.63. The van der Waals surface area contributed by atoms with E-state index in [1.165, 1.54) is 20.4 Å². The Morgan fingerprint density at radius 2 is 1.46 bits per heavy atom. The smallest absolute Gasteiger partial charge is 0.250 e. The standard InChI is InChI=1S/C16H23N7O3/c1-5-17-14-20-15(18-6-2)22-16(21-14)23-19-9-10-7-11(25-3)13(24)12(8-10)26-4/h7-9,24H,5-6H2,1-4H3,(H3,17,18,20,21,22,23)/b19-9+. The number of nitrogens with one attached hydrogen (secondary N) is 3. The normalized spacial score (nSPS) is 10.6. The molecular formula is C16H23N7O3. The van der Waals surface area contributed by atoms with E-state index in [2.05, 4.69) is 36.1 Å². The number of aromatic nitrogens is 3. The molecule has 0 spiro atoms. The minimum Gasteiger partial charge on any atom is -0.502 e. The maximum absolute atomic E-state index is 9.93. The minimum atomic E-state index is -0.0665. The van der Waals surface area contributed by atoms with Gasteiger partial charge in [-0.3, -0.25) is 0 Å². The van der Waals surface area contributed by atoms with Gasteiger partial charge in [0.15, 0.2) is 11.5 Å². The maximum Gasteiger partial charge on any atom is 0.250 e. The van der Waals surface area contributed by atoms with Gasteiger partial charge in [-0.05, 0) is 26.0 Å². The molecule has 0 bridgehead atoms. The number of hydrogen-bond donors (Lipinski definition) is 4. The third-order valence-electron chi connectivity index (χ3n) is 3.19. The number of aromatic hydroxyl groups is 1. The van der Waals surface area contributed by atoms with Crippen molar-refractivity contribution < 1.29 is 14.6 Å². The Morgan fingerprint density at radius 3 is 1.92 bits per heavy atom. The van der Waals surface area contributed by atoms with Gasteiger partial charge in [0.25, 0.3) is 0 Å². The molecule has 0 radical (unpaired) electrons. The topological polar surface area (TPSA) is 126 Å². The Kier molecular flexibility index (Phi) is 6.77. The molecule has 0 saturated carbocycles. The van der Waals surface area contributed by atoms with Crippen molar-refractivity contribution >= 4 is 24.1 Å². The second-order valence-electron chi connectivity index (χ2n) is 5.01. The van der Waals surface area contributed by atoms with Crippen LogP contribution >= 0.6 is 0 Å². The van der Waals surface area contributed by atoms with E-state index in [1.807, 2.05) is 13.8 Å². The molecule has 10 nitrogen and oxygen atoms in total. The molecule has 26 heavy (non-hydrogen) atoms. The summed E-state index contributed by atoms with van der Waals surface area (Å²) in [4.78, 5) is 12.7. The van der Waals surface area contributed by atoms with E-state index in [1.54, 1.807) is 12.1 Å². The highest BCUT2D eigenvalue weighted by atomic mass is 16.5. The van der Waals surface area contributed by atoms with Crippen LogP contribution in [-0.2, 0) is 0 Å². The lowest BCUT2D eigenvalue weighted by atomic mass is 10.2. The van der Waals surface area contributed by atoms with Crippen molar-refractivity contribution in [2.24, 2.45) is 5.10 Å². The van der Waals surface area contributed by atoms with Crippen molar-refractivity contribution in [1.29, 1.82) is 0 Å². The number of hydrazone groups is 1. The molecular weight excluding hydrogens is 338 g/mol. The summed E-state index contributed by atoms with van der Waals surface area (Å²) < 4.78 is 10.2. The van der Waals surface area contributed by atoms with Crippen molar-refractivity contribution in [2.45, 2.75) is 13.8 Å². The number of nitrogens with zero attached hydrogens (tertiary/aromatic N) is 4. The summed E-state index contributed by atoms with van der Waals surface area (Å²) in [5.74, 6) is 1.70. The highest BCUT2D eigenvalue weighted by Crippen LogP contribution is 2.36. The zero-order valence-electron chi connectivity index (χ0n) is 15.2. The molecule has 1 aromatic carbocycles. The van der Waals surface area contributed by atoms with Gasteiger partial charge in [0.1, 0.15) is 0 Å². The molecule has 0 unspecified atom stereocenters. The van der Waals surface area contributed by atoms with Crippen LogP contribution in [0.25, 0.3) is 0 Å². The first-order valence-electron chi connectivity index (χ1n) is 8.09. The number of phenols is 1. The third-order valence-corrected chi connectivity index (χ3v) is 3.19. The Labute approximate surface area is 151 Å². The van der Waals surface area contributed by atoms with Crippen molar-refractivity contribution in [3.05, 3.63) is 17.7 Å². The maximum atomic E-state index is 9.93. The molecule has 10 heteroatoms. The van der Waals surface area contributed by atoms with Crippen LogP contribution in [0.15, 0.2) is 17.2 Å². The van der Waals surface area contributed by atoms with E-state index in [-0.39, 0.29) is 17.2 Å². The van der Waals surface area contributed by atoms with Gasteiger partial charge in [-0.15, -0.1) is 0 Å². The molecule has 1 heterocycles. The summed E-state index contributed by atoms with van der Waals surface area (Å²) in [5, 5.41) is 20.1. The van der Waals surface area contributed by atoms with Crippen LogP contribution in [0.3, 0.4) is 0 Å². The second-order valence-corrected chi connectivity index (χ2v) is 5.01. The molecule has 0 atom stereocenters. The first kappa shape index (κ1) is 19.0. The van der Waals surface area contributed by atoms with Crippen LogP contribution < -0.4 is 25.5 Å². The van der Waals surface area contributed by atoms with E-state index in [4.69, 9.17) is 9.47 Å². The first-order chi connectivity index (χ1) is 12.6. The third kappa shape index (κ3) is 4.85. The highest BCUT2D eigenvalue weighted by molar-refractivity contribution is 5.82. The van der Waals surface area contributed by atoms with E-state index in [9.17, 15) is 5.11 Å². The van der Waals surface area contributed by atoms with Crippen molar-refractivity contribution in [3.63, 3.8) is 0 Å². The summed E-state index contributed by atoms with van der Waals surface area (Å²) in [6.45, 7) is 5.28. The van der Waals surface area contributed by atoms with Crippen LogP contribution in [-0.4, -0.2) is 53.6 Å². The molecule has 0 amide bonds. The van der Waals surface area contributed by atoms with E-state index in [0.29, 0.717) is 36.5 Å². The fraction of sp³-hybridized carbons (Fsp3) is 0.375. The summed E-state index contributed by atoms with van der Waals surface area (Å²) in [7, 11) is 2.92. The van der Waals surface area contributed by atoms with Crippen molar-refractivity contribution in [3.8, 4) is 17.2 Å². The van der Waals surface area contributed by atoms with Gasteiger partial charge in [0, 0.05) is 18.7 Å². The van der Waals surface area contributed by atoms with Gasteiger partial charge in [-0.1, -0.05) is 0 Å². The summed E-state index contributed by atoms with van der Waals surface area (Å²) >= 11 is 0. The van der Waals surface area contributed by atoms with Gasteiger partial charge < -0.3 is 25.2 Å². The number of methoxy groups -OCH3 is 2. The first-order valence-corrected chi connectivity index (χ1v) is 8.09. The molecule has 0 saturated heterocycles. The fourth-order valence-electron chi connectivity index (χ4n) is 2.05. The van der Waals surface area contributed by atoms with Crippen LogP contribution in [0.1, 0.15) is 19.4 Å². The van der Waals surface area contributed by atoms with Gasteiger partial charge >= 0.3 is 0 Å². The molecule has 2 rings (SSSR count). The van der Waals surface area contributed by atoms with E-state index >= 15 is 0 Å². The minimum absolute atomic E-state index is 0.0665. The second kappa shape index (κ2) is 9.25. The highest BCUT2D eigenvalue weighted by Gasteiger charge is 2.10. The van der Waals surface area contributed by atoms with Crippen LogP contribution in [0.4, 0.5) is 17.8 Å². The molecule has 0 aliphatic heterocycles. The average molecular weight is 361 g/mol. The van der Waals surface area contributed by atoms with Crippen molar-refractivity contribution in [2.75, 3.05) is 43.4 Å². The summed E-state index contributed by atoms with van der Waals surface area (Å²) in [5.41, 5.74) is 3.43. The SMILES string of the molecule is CCNc1nc(NCC)nc(N/N=C/c2cc(OC)c(O)c(OC)c2)n1. The lowest BCUT2D eigenvalue weighted by molar-refractivity contribution is 0.340. The zero-order valence-corrected chi connectivity index (χ0v) is 15.2. The number of anilines is 3. The van der Waals surface area contributed by atoms with Crippen LogP contribution in [0.5, 0.6) is 17.2 Å². The Morgan fingerprint density at radius 1 is 0.962 bits per heavy atom. The van der Waals surface area contributed by atoms with Gasteiger partial charge in [-0.25, -0.2) is 5.43 Å². The fourth-order valence-corrected chi connectivity index (χ4v) is 2.05. The van der Waals surface area contributed by atoms with E-state index in [0.717, 1.165) is 0 Å².